The maximum absolute atomic E-state index is 7.33. The highest BCUT2D eigenvalue weighted by Crippen LogP contribution is 2.35. The summed E-state index contributed by atoms with van der Waals surface area (Å²) >= 11 is 0. The molecule has 0 amide bonds. The third kappa shape index (κ3) is 5.43. The molecule has 0 bridgehead atoms. The van der Waals surface area contributed by atoms with Gasteiger partial charge in [-0.2, -0.15) is 0 Å². The summed E-state index contributed by atoms with van der Waals surface area (Å²) in [7, 11) is 0. The van der Waals surface area contributed by atoms with Gasteiger partial charge in [0, 0.05) is 0 Å². The molecule has 5 rings (SSSR count). The fourth-order valence-corrected chi connectivity index (χ4v) is 2.74. The van der Waals surface area contributed by atoms with E-state index >= 15 is 0 Å². The number of hydrogen-bond acceptors (Lipinski definition) is 4. The summed E-state index contributed by atoms with van der Waals surface area (Å²) in [6.07, 6.45) is 2.64. The molecule has 2 aliphatic heterocycles. The maximum atomic E-state index is 7.33. The molecule has 4 heteroatoms. The van der Waals surface area contributed by atoms with Gasteiger partial charge in [-0.1, -0.05) is 55.1 Å². The lowest BCUT2D eigenvalue weighted by Gasteiger charge is -1.98. The van der Waals surface area contributed by atoms with E-state index in [1.54, 1.807) is 0 Å². The Bertz CT molecular complexity index is 634. The molecule has 2 aromatic carbocycles. The van der Waals surface area contributed by atoms with Gasteiger partial charge in [0.2, 0.25) is 0 Å². The molecule has 132 valence electrons. The van der Waals surface area contributed by atoms with Crippen LogP contribution in [0.3, 0.4) is 0 Å². The van der Waals surface area contributed by atoms with Crippen molar-refractivity contribution in [1.29, 1.82) is 0 Å². The van der Waals surface area contributed by atoms with Crippen LogP contribution in [0, 0.1) is 0 Å². The molecule has 1 aliphatic carbocycles. The van der Waals surface area contributed by atoms with Crippen molar-refractivity contribution in [2.45, 2.75) is 18.6 Å². The quantitative estimate of drug-likeness (QED) is 0.580. The first-order valence-electron chi connectivity index (χ1n) is 8.54. The average molecular weight is 340 g/mol. The Kier molecular flexibility index (Phi) is 6.23. The molecule has 25 heavy (non-hydrogen) atoms. The predicted octanol–water partition coefficient (Wildman–Crippen LogP) is 3.75. The maximum Gasteiger partial charge on any atom is 0.104 e. The molecule has 3 aliphatic rings. The van der Waals surface area contributed by atoms with E-state index in [1.807, 2.05) is 0 Å². The van der Waals surface area contributed by atoms with Crippen LogP contribution in [0.4, 0.5) is 0 Å². The van der Waals surface area contributed by atoms with E-state index < -0.39 is 0 Å². The van der Waals surface area contributed by atoms with Crippen LogP contribution in [0.25, 0.3) is 11.1 Å². The zero-order valence-electron chi connectivity index (χ0n) is 14.3. The smallest absolute Gasteiger partial charge is 0.104 e. The molecule has 2 saturated heterocycles. The molecule has 1 N–H and O–H groups in total. The topological polar surface area (TPSA) is 54.5 Å². The number of aliphatic hydroxyl groups excluding tert-OH is 1. The molecular formula is C21H24O4. The lowest BCUT2D eigenvalue weighted by Crippen LogP contribution is -2.06. The summed E-state index contributed by atoms with van der Waals surface area (Å²) in [4.78, 5) is 0. The molecule has 2 aromatic rings. The first kappa shape index (κ1) is 17.7. The third-order valence-corrected chi connectivity index (χ3v) is 4.12. The van der Waals surface area contributed by atoms with E-state index in [0.717, 1.165) is 39.1 Å². The second-order valence-corrected chi connectivity index (χ2v) is 6.12. The van der Waals surface area contributed by atoms with Crippen LogP contribution in [-0.2, 0) is 20.6 Å². The number of hydrogen-bond donors (Lipinski definition) is 1. The molecular weight excluding hydrogens is 316 g/mol. The van der Waals surface area contributed by atoms with Gasteiger partial charge >= 0.3 is 0 Å². The third-order valence-electron chi connectivity index (χ3n) is 4.12. The van der Waals surface area contributed by atoms with Crippen molar-refractivity contribution in [3.63, 3.8) is 0 Å². The summed E-state index contributed by atoms with van der Waals surface area (Å²) in [5.41, 5.74) is 5.75. The highest BCUT2D eigenvalue weighted by Gasteiger charge is 2.26. The second kappa shape index (κ2) is 8.81. The highest BCUT2D eigenvalue weighted by atomic mass is 16.6. The summed E-state index contributed by atoms with van der Waals surface area (Å²) in [5, 5.41) is 7.33. The first-order valence-corrected chi connectivity index (χ1v) is 8.54. The van der Waals surface area contributed by atoms with Crippen LogP contribution in [0.1, 0.15) is 11.1 Å². The Hall–Kier alpha value is -2.14. The summed E-state index contributed by atoms with van der Waals surface area (Å²) in [6, 6.07) is 17.3. The van der Waals surface area contributed by atoms with Crippen LogP contribution in [0.5, 0.6) is 0 Å². The van der Waals surface area contributed by atoms with Gasteiger partial charge in [-0.25, -0.2) is 0 Å². The SMILES string of the molecule is C(OCC1CO1)C1CO1.C=CO.c1ccc2c(c1)Cc1ccccc1-2. The molecule has 2 atom stereocenters. The molecule has 2 heterocycles. The highest BCUT2D eigenvalue weighted by molar-refractivity contribution is 5.76. The van der Waals surface area contributed by atoms with Crippen molar-refractivity contribution in [2.75, 3.05) is 26.4 Å². The number of fused-ring (bicyclic) bond motifs is 3. The van der Waals surface area contributed by atoms with E-state index in [4.69, 9.17) is 19.3 Å². The van der Waals surface area contributed by atoms with Crippen LogP contribution in [0.2, 0.25) is 0 Å². The number of benzene rings is 2. The number of aliphatic hydroxyl groups is 1. The molecule has 4 nitrogen and oxygen atoms in total. The number of epoxide rings is 2. The lowest BCUT2D eigenvalue weighted by atomic mass is 10.1. The van der Waals surface area contributed by atoms with Gasteiger partial charge in [-0.15, -0.1) is 0 Å². The number of ether oxygens (including phenoxy) is 3. The Balaban J connectivity index is 0.000000133. The van der Waals surface area contributed by atoms with Gasteiger partial charge in [0.15, 0.2) is 0 Å². The lowest BCUT2D eigenvalue weighted by molar-refractivity contribution is 0.102. The zero-order chi connectivity index (χ0) is 17.5. The minimum absolute atomic E-state index is 0.392. The molecule has 2 fully saturated rings. The van der Waals surface area contributed by atoms with Gasteiger partial charge in [-0.05, 0) is 28.7 Å². The second-order valence-electron chi connectivity index (χ2n) is 6.12. The standard InChI is InChI=1S/C13H10.C6H10O3.C2H4O/c1-3-7-12-10(5-1)9-11-6-2-4-8-13(11)12;1(5-3-8-5)7-2-6-4-9-6;1-2-3/h1-8H,9H2;5-6H,1-4H2;2-3H,1H2. The Morgan fingerprint density at radius 3 is 1.72 bits per heavy atom. The Labute approximate surface area is 148 Å². The van der Waals surface area contributed by atoms with E-state index in [0.29, 0.717) is 12.2 Å². The summed E-state index contributed by atoms with van der Waals surface area (Å²) < 4.78 is 15.1. The predicted molar refractivity (Wildman–Crippen MR) is 97.8 cm³/mol. The normalized spacial score (nSPS) is 20.8. The van der Waals surface area contributed by atoms with Crippen molar-refractivity contribution >= 4 is 0 Å². The average Bonchev–Trinajstić information content (AvgIpc) is 3.56. The van der Waals surface area contributed by atoms with Crippen LogP contribution in [0.15, 0.2) is 61.4 Å². The van der Waals surface area contributed by atoms with Crippen LogP contribution < -0.4 is 0 Å². The first-order chi connectivity index (χ1) is 12.3. The van der Waals surface area contributed by atoms with Gasteiger partial charge in [0.25, 0.3) is 0 Å². The molecule has 0 saturated carbocycles. The fraction of sp³-hybridized carbons (Fsp3) is 0.333. The van der Waals surface area contributed by atoms with Crippen molar-refractivity contribution in [2.24, 2.45) is 0 Å². The Morgan fingerprint density at radius 2 is 1.32 bits per heavy atom. The molecule has 2 unspecified atom stereocenters. The van der Waals surface area contributed by atoms with Crippen molar-refractivity contribution in [3.8, 4) is 11.1 Å². The molecule has 0 spiro atoms. The summed E-state index contributed by atoms with van der Waals surface area (Å²) in [6.45, 7) is 6.18. The fourth-order valence-electron chi connectivity index (χ4n) is 2.74. The van der Waals surface area contributed by atoms with Gasteiger partial charge < -0.3 is 19.3 Å². The van der Waals surface area contributed by atoms with Crippen molar-refractivity contribution < 1.29 is 19.3 Å². The number of rotatable bonds is 4. The van der Waals surface area contributed by atoms with Crippen LogP contribution in [-0.4, -0.2) is 43.7 Å². The van der Waals surface area contributed by atoms with Crippen LogP contribution >= 0.6 is 0 Å². The minimum Gasteiger partial charge on any atom is -0.516 e. The van der Waals surface area contributed by atoms with Gasteiger partial charge in [-0.3, -0.25) is 0 Å². The molecule has 0 aromatic heterocycles. The van der Waals surface area contributed by atoms with Gasteiger partial charge in [0.1, 0.15) is 12.2 Å². The van der Waals surface area contributed by atoms with E-state index in [9.17, 15) is 0 Å². The van der Waals surface area contributed by atoms with E-state index in [1.165, 1.54) is 22.3 Å². The monoisotopic (exact) mass is 340 g/mol. The van der Waals surface area contributed by atoms with Crippen molar-refractivity contribution in [3.05, 3.63) is 72.5 Å². The van der Waals surface area contributed by atoms with E-state index in [-0.39, 0.29) is 0 Å². The Morgan fingerprint density at radius 1 is 0.920 bits per heavy atom. The van der Waals surface area contributed by atoms with Gasteiger partial charge in [0.05, 0.1) is 32.7 Å². The van der Waals surface area contributed by atoms with Crippen molar-refractivity contribution in [1.82, 2.24) is 0 Å². The molecule has 0 radical (unpaired) electrons. The zero-order valence-corrected chi connectivity index (χ0v) is 14.3. The minimum atomic E-state index is 0.392. The summed E-state index contributed by atoms with van der Waals surface area (Å²) in [5.74, 6) is 0. The van der Waals surface area contributed by atoms with E-state index in [2.05, 4.69) is 55.1 Å². The largest absolute Gasteiger partial charge is 0.516 e.